The third kappa shape index (κ3) is 4.45. The zero-order chi connectivity index (χ0) is 14.3. The zero-order valence-corrected chi connectivity index (χ0v) is 9.83. The molecule has 0 saturated carbocycles. The third-order valence-electron chi connectivity index (χ3n) is 2.68. The summed E-state index contributed by atoms with van der Waals surface area (Å²) in [7, 11) is 0. The van der Waals surface area contributed by atoms with Gasteiger partial charge in [-0.3, -0.25) is 0 Å². The van der Waals surface area contributed by atoms with Gasteiger partial charge in [-0.05, 0) is 6.42 Å². The van der Waals surface area contributed by atoms with E-state index in [0.29, 0.717) is 6.29 Å². The fraction of sp³-hybridized carbons (Fsp3) is 0.727. The molecule has 0 saturated heterocycles. The smallest absolute Gasteiger partial charge is 0.126 e. The molecule has 0 radical (unpaired) electrons. The van der Waals surface area contributed by atoms with Gasteiger partial charge in [0.1, 0.15) is 30.7 Å². The van der Waals surface area contributed by atoms with Crippen molar-refractivity contribution in [2.24, 2.45) is 5.92 Å². The molecular weight excluding hydrogens is 244 g/mol. The molecule has 7 nitrogen and oxygen atoms in total. The summed E-state index contributed by atoms with van der Waals surface area (Å²) in [5.41, 5.74) is 0. The maximum absolute atomic E-state index is 10.7. The Morgan fingerprint density at radius 1 is 0.944 bits per heavy atom. The van der Waals surface area contributed by atoms with Crippen LogP contribution < -0.4 is 0 Å². The van der Waals surface area contributed by atoms with Crippen molar-refractivity contribution in [3.63, 3.8) is 0 Å². The second-order valence-electron chi connectivity index (χ2n) is 4.04. The molecule has 7 heteroatoms. The van der Waals surface area contributed by atoms with Crippen LogP contribution in [0.1, 0.15) is 6.42 Å². The number of hydrogen-bond donors (Lipinski definition) is 6. The maximum atomic E-state index is 10.7. The Balaban J connectivity index is 4.64. The lowest BCUT2D eigenvalue weighted by atomic mass is 9.90. The van der Waals surface area contributed by atoms with Crippen LogP contribution in [0.2, 0.25) is 0 Å². The minimum absolute atomic E-state index is 0.0904. The van der Waals surface area contributed by atoms with E-state index >= 15 is 0 Å². The Morgan fingerprint density at radius 3 is 1.83 bits per heavy atom. The number of hydrogen-bond acceptors (Lipinski definition) is 7. The molecule has 0 rings (SSSR count). The van der Waals surface area contributed by atoms with E-state index in [9.17, 15) is 25.2 Å². The zero-order valence-electron chi connectivity index (χ0n) is 9.83. The molecule has 0 aromatic heterocycles. The SMILES string of the molecule is C=CCC(C=O)C(O)[C@H](O)[C@@H](O)[C@H](O)[C@H](O)CO. The van der Waals surface area contributed by atoms with Gasteiger partial charge in [0.25, 0.3) is 0 Å². The minimum atomic E-state index is -1.89. The van der Waals surface area contributed by atoms with Gasteiger partial charge < -0.3 is 35.4 Å². The molecule has 0 fully saturated rings. The quantitative estimate of drug-likeness (QED) is 0.195. The second kappa shape index (κ2) is 8.30. The summed E-state index contributed by atoms with van der Waals surface area (Å²) >= 11 is 0. The lowest BCUT2D eigenvalue weighted by Crippen LogP contribution is -2.51. The first kappa shape index (κ1) is 17.2. The molecule has 0 aliphatic rings. The van der Waals surface area contributed by atoms with Gasteiger partial charge in [0.05, 0.1) is 12.7 Å². The van der Waals surface area contributed by atoms with Gasteiger partial charge in [-0.1, -0.05) is 6.08 Å². The van der Waals surface area contributed by atoms with Crippen molar-refractivity contribution >= 4 is 6.29 Å². The molecule has 0 aromatic carbocycles. The largest absolute Gasteiger partial charge is 0.394 e. The number of carbonyl (C=O) groups excluding carboxylic acids is 1. The van der Waals surface area contributed by atoms with Crippen molar-refractivity contribution in [3.05, 3.63) is 12.7 Å². The molecule has 0 spiro atoms. The Labute approximate surface area is 105 Å². The number of rotatable bonds is 9. The first-order valence-corrected chi connectivity index (χ1v) is 5.48. The van der Waals surface area contributed by atoms with Crippen LogP contribution in [0.4, 0.5) is 0 Å². The fourth-order valence-corrected chi connectivity index (χ4v) is 1.46. The highest BCUT2D eigenvalue weighted by atomic mass is 16.4. The molecule has 6 atom stereocenters. The summed E-state index contributed by atoms with van der Waals surface area (Å²) < 4.78 is 0. The maximum Gasteiger partial charge on any atom is 0.126 e. The van der Waals surface area contributed by atoms with E-state index in [0.717, 1.165) is 0 Å². The van der Waals surface area contributed by atoms with E-state index < -0.39 is 43.0 Å². The Hall–Kier alpha value is -0.830. The number of aliphatic hydroxyl groups is 6. The Morgan fingerprint density at radius 2 is 1.44 bits per heavy atom. The highest BCUT2D eigenvalue weighted by Crippen LogP contribution is 2.16. The van der Waals surface area contributed by atoms with Gasteiger partial charge in [0.2, 0.25) is 0 Å². The molecule has 106 valence electrons. The van der Waals surface area contributed by atoms with E-state index in [1.54, 1.807) is 0 Å². The molecule has 2 unspecified atom stereocenters. The van der Waals surface area contributed by atoms with Gasteiger partial charge in [-0.15, -0.1) is 6.58 Å². The Bertz CT molecular complexity index is 258. The summed E-state index contributed by atoms with van der Waals surface area (Å²) in [6.45, 7) is 2.56. The predicted octanol–water partition coefficient (Wildman–Crippen LogP) is -2.83. The third-order valence-corrected chi connectivity index (χ3v) is 2.68. The van der Waals surface area contributed by atoms with E-state index in [1.165, 1.54) is 6.08 Å². The van der Waals surface area contributed by atoms with Crippen molar-refractivity contribution in [1.82, 2.24) is 0 Å². The average Bonchev–Trinajstić information content (AvgIpc) is 2.40. The van der Waals surface area contributed by atoms with Crippen molar-refractivity contribution in [2.75, 3.05) is 6.61 Å². The summed E-state index contributed by atoms with van der Waals surface area (Å²) in [5, 5.41) is 55.7. The topological polar surface area (TPSA) is 138 Å². The van der Waals surface area contributed by atoms with Gasteiger partial charge in [0, 0.05) is 5.92 Å². The van der Waals surface area contributed by atoms with Gasteiger partial charge in [-0.25, -0.2) is 0 Å². The number of allylic oxidation sites excluding steroid dienone is 1. The van der Waals surface area contributed by atoms with Gasteiger partial charge in [-0.2, -0.15) is 0 Å². The van der Waals surface area contributed by atoms with Crippen LogP contribution in [-0.2, 0) is 4.79 Å². The molecule has 6 N–H and O–H groups in total. The number of carbonyl (C=O) groups is 1. The van der Waals surface area contributed by atoms with Crippen LogP contribution in [0.3, 0.4) is 0 Å². The van der Waals surface area contributed by atoms with Gasteiger partial charge in [0.15, 0.2) is 0 Å². The van der Waals surface area contributed by atoms with E-state index in [4.69, 9.17) is 10.2 Å². The van der Waals surface area contributed by atoms with E-state index in [2.05, 4.69) is 6.58 Å². The number of aliphatic hydroxyl groups excluding tert-OH is 6. The van der Waals surface area contributed by atoms with Crippen LogP contribution in [-0.4, -0.2) is 74.1 Å². The molecule has 0 bridgehead atoms. The molecule has 18 heavy (non-hydrogen) atoms. The van der Waals surface area contributed by atoms with Crippen molar-refractivity contribution in [2.45, 2.75) is 36.9 Å². The van der Waals surface area contributed by atoms with Gasteiger partial charge >= 0.3 is 0 Å². The normalized spacial score (nSPS) is 21.4. The minimum Gasteiger partial charge on any atom is -0.394 e. The van der Waals surface area contributed by atoms with Crippen LogP contribution in [0.5, 0.6) is 0 Å². The summed E-state index contributed by atoms with van der Waals surface area (Å²) in [4.78, 5) is 10.7. The van der Waals surface area contributed by atoms with Crippen molar-refractivity contribution in [3.8, 4) is 0 Å². The number of aldehydes is 1. The second-order valence-corrected chi connectivity index (χ2v) is 4.04. The first-order valence-electron chi connectivity index (χ1n) is 5.48. The fourth-order valence-electron chi connectivity index (χ4n) is 1.46. The van der Waals surface area contributed by atoms with Crippen LogP contribution in [0.15, 0.2) is 12.7 Å². The summed E-state index contributed by atoms with van der Waals surface area (Å²) in [6, 6.07) is 0. The average molecular weight is 264 g/mol. The van der Waals surface area contributed by atoms with Crippen molar-refractivity contribution < 1.29 is 35.4 Å². The first-order chi connectivity index (χ1) is 8.40. The lowest BCUT2D eigenvalue weighted by molar-refractivity contribution is -0.151. The lowest BCUT2D eigenvalue weighted by Gasteiger charge is -2.30. The van der Waals surface area contributed by atoms with Crippen LogP contribution in [0, 0.1) is 5.92 Å². The van der Waals surface area contributed by atoms with Crippen molar-refractivity contribution in [1.29, 1.82) is 0 Å². The predicted molar refractivity (Wildman–Crippen MR) is 61.5 cm³/mol. The standard InChI is InChI=1S/C11H20O7/c1-2-3-6(4-12)8(15)10(17)11(18)9(16)7(14)5-13/h2,4,6-11,13-18H,1,3,5H2/t6?,7-,8?,9-,10+,11+/m1/s1. The van der Waals surface area contributed by atoms with Crippen LogP contribution >= 0.6 is 0 Å². The Kier molecular flexibility index (Phi) is 7.92. The van der Waals surface area contributed by atoms with Crippen LogP contribution in [0.25, 0.3) is 0 Å². The molecule has 0 aliphatic carbocycles. The molecule has 0 amide bonds. The monoisotopic (exact) mass is 264 g/mol. The molecule has 0 aromatic rings. The van der Waals surface area contributed by atoms with E-state index in [1.807, 2.05) is 0 Å². The molecule has 0 heterocycles. The van der Waals surface area contributed by atoms with E-state index in [-0.39, 0.29) is 6.42 Å². The highest BCUT2D eigenvalue weighted by molar-refractivity contribution is 5.55. The highest BCUT2D eigenvalue weighted by Gasteiger charge is 2.36. The molecular formula is C11H20O7. The molecule has 0 aliphatic heterocycles. The summed E-state index contributed by atoms with van der Waals surface area (Å²) in [6.07, 6.45) is -6.99. The summed E-state index contributed by atoms with van der Waals surface area (Å²) in [5.74, 6) is -0.981.